The molecule has 21 heavy (non-hydrogen) atoms. The normalized spacial score (nSPS) is 12.2. The number of thiophene rings is 1. The van der Waals surface area contributed by atoms with Crippen molar-refractivity contribution in [1.29, 1.82) is 0 Å². The van der Waals surface area contributed by atoms with E-state index in [2.05, 4.69) is 4.98 Å². The highest BCUT2D eigenvalue weighted by molar-refractivity contribution is 7.16. The maximum absolute atomic E-state index is 12.7. The van der Waals surface area contributed by atoms with E-state index in [0.29, 0.717) is 16.1 Å². The fourth-order valence-electron chi connectivity index (χ4n) is 2.13. The first-order chi connectivity index (χ1) is 9.77. The number of halogens is 3. The molecule has 0 aliphatic heterocycles. The first-order valence-corrected chi connectivity index (χ1v) is 6.92. The zero-order chi connectivity index (χ0) is 15.4. The highest BCUT2D eigenvalue weighted by Gasteiger charge is 2.31. The lowest BCUT2D eigenvalue weighted by Crippen LogP contribution is -2.03. The predicted molar refractivity (Wildman–Crippen MR) is 76.2 cm³/mol. The Morgan fingerprint density at radius 2 is 1.95 bits per heavy atom. The van der Waals surface area contributed by atoms with E-state index < -0.39 is 11.7 Å². The number of hydrogen-bond acceptors (Lipinski definition) is 4. The molecular formula is C14H11F3N2OS. The van der Waals surface area contributed by atoms with E-state index in [1.54, 1.807) is 0 Å². The number of fused-ring (bicyclic) bond motifs is 1. The van der Waals surface area contributed by atoms with Crippen molar-refractivity contribution in [2.75, 3.05) is 5.73 Å². The third-order valence-electron chi connectivity index (χ3n) is 3.34. The average Bonchev–Trinajstić information content (AvgIpc) is 2.89. The van der Waals surface area contributed by atoms with Crippen LogP contribution in [-0.4, -0.2) is 4.98 Å². The quantitative estimate of drug-likeness (QED) is 0.704. The van der Waals surface area contributed by atoms with Crippen LogP contribution >= 0.6 is 11.3 Å². The molecule has 0 bridgehead atoms. The molecule has 3 nitrogen and oxygen atoms in total. The van der Waals surface area contributed by atoms with Crippen LogP contribution in [0, 0.1) is 13.8 Å². The Morgan fingerprint density at radius 1 is 1.24 bits per heavy atom. The SMILES string of the molecule is Cc1sc(N)c(-c2nc3cc(C(F)(F)F)ccc3o2)c1C. The molecule has 0 atom stereocenters. The van der Waals surface area contributed by atoms with E-state index in [-0.39, 0.29) is 11.4 Å². The van der Waals surface area contributed by atoms with Gasteiger partial charge < -0.3 is 10.2 Å². The number of nitrogens with zero attached hydrogens (tertiary/aromatic N) is 1. The Bertz CT molecular complexity index is 833. The van der Waals surface area contributed by atoms with E-state index in [9.17, 15) is 13.2 Å². The minimum absolute atomic E-state index is 0.169. The van der Waals surface area contributed by atoms with Gasteiger partial charge in [0, 0.05) is 4.88 Å². The predicted octanol–water partition coefficient (Wildman–Crippen LogP) is 4.77. The topological polar surface area (TPSA) is 52.0 Å². The molecule has 0 unspecified atom stereocenters. The Morgan fingerprint density at radius 3 is 2.52 bits per heavy atom. The second kappa shape index (κ2) is 4.49. The molecule has 2 heterocycles. The number of benzene rings is 1. The average molecular weight is 312 g/mol. The summed E-state index contributed by atoms with van der Waals surface area (Å²) in [7, 11) is 0. The van der Waals surface area contributed by atoms with Crippen molar-refractivity contribution >= 4 is 27.4 Å². The molecule has 0 fully saturated rings. The number of hydrogen-bond donors (Lipinski definition) is 1. The fourth-order valence-corrected chi connectivity index (χ4v) is 3.06. The number of nitrogens with two attached hydrogens (primary N) is 1. The first-order valence-electron chi connectivity index (χ1n) is 6.11. The summed E-state index contributed by atoms with van der Waals surface area (Å²) in [4.78, 5) is 5.18. The van der Waals surface area contributed by atoms with E-state index in [1.165, 1.54) is 17.4 Å². The van der Waals surface area contributed by atoms with E-state index in [1.807, 2.05) is 13.8 Å². The van der Waals surface area contributed by atoms with Crippen LogP contribution in [0.3, 0.4) is 0 Å². The number of alkyl halides is 3. The van der Waals surface area contributed by atoms with Gasteiger partial charge in [0.05, 0.1) is 16.1 Å². The van der Waals surface area contributed by atoms with Crippen LogP contribution in [0.25, 0.3) is 22.6 Å². The van der Waals surface area contributed by atoms with Gasteiger partial charge in [-0.1, -0.05) is 0 Å². The molecule has 2 N–H and O–H groups in total. The summed E-state index contributed by atoms with van der Waals surface area (Å²) in [5.74, 6) is 0.253. The third-order valence-corrected chi connectivity index (χ3v) is 4.38. The molecule has 0 spiro atoms. The molecule has 0 aliphatic carbocycles. The molecular weight excluding hydrogens is 301 g/mol. The molecule has 110 valence electrons. The fraction of sp³-hybridized carbons (Fsp3) is 0.214. The van der Waals surface area contributed by atoms with Gasteiger partial charge in [0.25, 0.3) is 0 Å². The van der Waals surface area contributed by atoms with Gasteiger partial charge in [0.2, 0.25) is 5.89 Å². The van der Waals surface area contributed by atoms with E-state index >= 15 is 0 Å². The van der Waals surface area contributed by atoms with Gasteiger partial charge in [0.15, 0.2) is 5.58 Å². The van der Waals surface area contributed by atoms with Gasteiger partial charge in [-0.3, -0.25) is 0 Å². The molecule has 3 rings (SSSR count). The van der Waals surface area contributed by atoms with Crippen molar-refractivity contribution in [3.63, 3.8) is 0 Å². The van der Waals surface area contributed by atoms with Gasteiger partial charge in [0.1, 0.15) is 5.52 Å². The van der Waals surface area contributed by atoms with Gasteiger partial charge in [-0.25, -0.2) is 4.98 Å². The lowest BCUT2D eigenvalue weighted by Gasteiger charge is -2.04. The monoisotopic (exact) mass is 312 g/mol. The van der Waals surface area contributed by atoms with Crippen molar-refractivity contribution in [3.05, 3.63) is 34.2 Å². The maximum Gasteiger partial charge on any atom is 0.416 e. The number of anilines is 1. The van der Waals surface area contributed by atoms with Crippen LogP contribution in [-0.2, 0) is 6.18 Å². The summed E-state index contributed by atoms with van der Waals surface area (Å²) < 4.78 is 43.6. The lowest BCUT2D eigenvalue weighted by atomic mass is 10.1. The van der Waals surface area contributed by atoms with Crippen LogP contribution in [0.5, 0.6) is 0 Å². The second-order valence-electron chi connectivity index (χ2n) is 4.72. The summed E-state index contributed by atoms with van der Waals surface area (Å²) in [5, 5.41) is 0.549. The number of nitrogen functional groups attached to an aromatic ring is 1. The summed E-state index contributed by atoms with van der Waals surface area (Å²) >= 11 is 1.41. The molecule has 0 saturated carbocycles. The van der Waals surface area contributed by atoms with Crippen LogP contribution in [0.4, 0.5) is 18.2 Å². The summed E-state index contributed by atoms with van der Waals surface area (Å²) in [6.45, 7) is 3.80. The maximum atomic E-state index is 12.7. The van der Waals surface area contributed by atoms with Gasteiger partial charge >= 0.3 is 6.18 Å². The first kappa shape index (κ1) is 13.9. The Labute approximate surface area is 122 Å². The third kappa shape index (κ3) is 2.27. The summed E-state index contributed by atoms with van der Waals surface area (Å²) in [5.41, 5.74) is 7.25. The minimum Gasteiger partial charge on any atom is -0.436 e. The van der Waals surface area contributed by atoms with Crippen molar-refractivity contribution in [3.8, 4) is 11.5 Å². The molecule has 0 aliphatic rings. The molecule has 7 heteroatoms. The minimum atomic E-state index is -4.40. The van der Waals surface area contributed by atoms with Gasteiger partial charge in [-0.2, -0.15) is 13.2 Å². The zero-order valence-corrected chi connectivity index (χ0v) is 12.0. The van der Waals surface area contributed by atoms with E-state index in [0.717, 1.165) is 22.6 Å². The summed E-state index contributed by atoms with van der Waals surface area (Å²) in [6.07, 6.45) is -4.40. The van der Waals surface area contributed by atoms with Crippen LogP contribution < -0.4 is 5.73 Å². The smallest absolute Gasteiger partial charge is 0.416 e. The van der Waals surface area contributed by atoms with Crippen molar-refractivity contribution in [2.45, 2.75) is 20.0 Å². The molecule has 3 aromatic rings. The second-order valence-corrected chi connectivity index (χ2v) is 5.98. The van der Waals surface area contributed by atoms with Gasteiger partial charge in [-0.05, 0) is 37.6 Å². The van der Waals surface area contributed by atoms with Crippen LogP contribution in [0.15, 0.2) is 22.6 Å². The molecule has 0 radical (unpaired) electrons. The van der Waals surface area contributed by atoms with Crippen molar-refractivity contribution in [2.24, 2.45) is 0 Å². The van der Waals surface area contributed by atoms with Crippen molar-refractivity contribution < 1.29 is 17.6 Å². The largest absolute Gasteiger partial charge is 0.436 e. The van der Waals surface area contributed by atoms with Crippen LogP contribution in [0.1, 0.15) is 16.0 Å². The Hall–Kier alpha value is -2.02. The number of rotatable bonds is 1. The van der Waals surface area contributed by atoms with E-state index in [4.69, 9.17) is 10.2 Å². The summed E-state index contributed by atoms with van der Waals surface area (Å²) in [6, 6.07) is 3.23. The Kier molecular flexibility index (Phi) is 2.98. The standard InChI is InChI=1S/C14H11F3N2OS/c1-6-7(2)21-12(18)11(6)13-19-9-5-8(14(15,16)17)3-4-10(9)20-13/h3-5H,18H2,1-2H3. The number of oxazole rings is 1. The molecule has 2 aromatic heterocycles. The number of aryl methyl sites for hydroxylation is 1. The van der Waals surface area contributed by atoms with Crippen LogP contribution in [0.2, 0.25) is 0 Å². The highest BCUT2D eigenvalue weighted by Crippen LogP contribution is 2.39. The van der Waals surface area contributed by atoms with Crippen molar-refractivity contribution in [1.82, 2.24) is 4.98 Å². The number of aromatic nitrogens is 1. The zero-order valence-electron chi connectivity index (χ0n) is 11.2. The molecule has 0 amide bonds. The molecule has 1 aromatic carbocycles. The lowest BCUT2D eigenvalue weighted by molar-refractivity contribution is -0.137. The molecule has 0 saturated heterocycles. The Balaban J connectivity index is 2.18. The highest BCUT2D eigenvalue weighted by atomic mass is 32.1. The van der Waals surface area contributed by atoms with Gasteiger partial charge in [-0.15, -0.1) is 11.3 Å².